The number of hydrogen-bond acceptors (Lipinski definition) is 3. The van der Waals surface area contributed by atoms with Crippen LogP contribution in [-0.2, 0) is 0 Å². The highest BCUT2D eigenvalue weighted by atomic mass is 16.7. The van der Waals surface area contributed by atoms with Crippen LogP contribution < -0.4 is 14.8 Å². The van der Waals surface area contributed by atoms with Crippen molar-refractivity contribution >= 4 is 5.69 Å². The van der Waals surface area contributed by atoms with Gasteiger partial charge in [0.15, 0.2) is 11.5 Å². The number of benzene rings is 1. The van der Waals surface area contributed by atoms with Crippen LogP contribution in [0.2, 0.25) is 0 Å². The van der Waals surface area contributed by atoms with Crippen LogP contribution in [-0.4, -0.2) is 11.8 Å². The van der Waals surface area contributed by atoms with Crippen LogP contribution in [0.1, 0.15) is 53.4 Å². The maximum Gasteiger partial charge on any atom is 0.246 e. The van der Waals surface area contributed by atoms with Crippen molar-refractivity contribution in [3.8, 4) is 11.5 Å². The average molecular weight is 275 g/mol. The molecule has 0 aromatic heterocycles. The predicted octanol–water partition coefficient (Wildman–Crippen LogP) is 4.57. The molecule has 2 aliphatic rings. The Morgan fingerprint density at radius 2 is 1.80 bits per heavy atom. The first-order valence-corrected chi connectivity index (χ1v) is 7.64. The van der Waals surface area contributed by atoms with Gasteiger partial charge in [-0.3, -0.25) is 0 Å². The molecule has 20 heavy (non-hydrogen) atoms. The highest BCUT2D eigenvalue weighted by Crippen LogP contribution is 2.42. The molecule has 1 N–H and O–H groups in total. The van der Waals surface area contributed by atoms with Gasteiger partial charge in [-0.05, 0) is 30.4 Å². The largest absolute Gasteiger partial charge is 0.449 e. The summed E-state index contributed by atoms with van der Waals surface area (Å²) in [5.41, 5.74) is 1.48. The van der Waals surface area contributed by atoms with Gasteiger partial charge in [0.25, 0.3) is 0 Å². The van der Waals surface area contributed by atoms with Crippen LogP contribution in [0.5, 0.6) is 11.5 Å². The van der Waals surface area contributed by atoms with Gasteiger partial charge in [0.2, 0.25) is 5.79 Å². The van der Waals surface area contributed by atoms with Gasteiger partial charge in [-0.25, -0.2) is 0 Å². The van der Waals surface area contributed by atoms with Crippen LogP contribution in [0.4, 0.5) is 5.69 Å². The lowest BCUT2D eigenvalue weighted by molar-refractivity contribution is -0.0431. The van der Waals surface area contributed by atoms with Gasteiger partial charge in [-0.2, -0.15) is 0 Å². The molecule has 0 saturated heterocycles. The Bertz CT molecular complexity index is 508. The Morgan fingerprint density at radius 1 is 1.05 bits per heavy atom. The third-order valence-electron chi connectivity index (χ3n) is 4.50. The molecule has 1 unspecified atom stereocenters. The minimum absolute atomic E-state index is 0.355. The fraction of sp³-hybridized carbons (Fsp3) is 0.647. The Labute approximate surface area is 121 Å². The molecule has 0 spiro atoms. The second-order valence-electron chi connectivity index (χ2n) is 7.20. The van der Waals surface area contributed by atoms with Crippen LogP contribution >= 0.6 is 0 Å². The van der Waals surface area contributed by atoms with E-state index in [2.05, 4.69) is 31.3 Å². The molecule has 1 aromatic rings. The zero-order valence-corrected chi connectivity index (χ0v) is 13.0. The van der Waals surface area contributed by atoms with E-state index in [4.69, 9.17) is 9.47 Å². The lowest BCUT2D eigenvalue weighted by Crippen LogP contribution is -2.38. The molecule has 1 aliphatic carbocycles. The number of ether oxygens (including phenoxy) is 2. The highest BCUT2D eigenvalue weighted by Gasteiger charge is 2.34. The average Bonchev–Trinajstić information content (AvgIpc) is 2.65. The van der Waals surface area contributed by atoms with E-state index in [1.165, 1.54) is 25.7 Å². The van der Waals surface area contributed by atoms with E-state index in [0.29, 0.717) is 11.5 Å². The zero-order valence-electron chi connectivity index (χ0n) is 13.0. The van der Waals surface area contributed by atoms with Crippen molar-refractivity contribution < 1.29 is 9.47 Å². The molecule has 0 radical (unpaired) electrons. The quantitative estimate of drug-likeness (QED) is 0.857. The summed E-state index contributed by atoms with van der Waals surface area (Å²) < 4.78 is 11.5. The Hall–Kier alpha value is -1.38. The molecule has 1 aromatic carbocycles. The molecular formula is C17H25NO2. The smallest absolute Gasteiger partial charge is 0.246 e. The topological polar surface area (TPSA) is 30.5 Å². The van der Waals surface area contributed by atoms with Crippen molar-refractivity contribution in [2.75, 3.05) is 5.32 Å². The number of nitrogens with one attached hydrogen (secondary N) is 1. The second kappa shape index (κ2) is 4.57. The highest BCUT2D eigenvalue weighted by molar-refractivity contribution is 5.56. The molecule has 1 heterocycles. The molecule has 3 nitrogen and oxygen atoms in total. The summed E-state index contributed by atoms with van der Waals surface area (Å²) in [6.07, 6.45) is 5.20. The van der Waals surface area contributed by atoms with Crippen molar-refractivity contribution in [3.05, 3.63) is 18.2 Å². The lowest BCUT2D eigenvalue weighted by atomic mass is 9.73. The fourth-order valence-corrected chi connectivity index (χ4v) is 3.28. The number of rotatable bonds is 2. The van der Waals surface area contributed by atoms with E-state index in [1.807, 2.05) is 19.9 Å². The number of anilines is 1. The summed E-state index contributed by atoms with van der Waals surface area (Å²) in [6.45, 7) is 8.59. The SMILES string of the molecule is CC1(C)Oc2ccc(NC3CCCCC3(C)C)cc2O1. The van der Waals surface area contributed by atoms with Crippen molar-refractivity contribution in [3.63, 3.8) is 0 Å². The first kappa shape index (κ1) is 13.6. The summed E-state index contributed by atoms with van der Waals surface area (Å²) in [4.78, 5) is 0. The minimum atomic E-state index is -0.551. The Balaban J connectivity index is 1.76. The normalized spacial score (nSPS) is 26.3. The van der Waals surface area contributed by atoms with Crippen molar-refractivity contribution in [2.24, 2.45) is 5.41 Å². The third-order valence-corrected chi connectivity index (χ3v) is 4.50. The molecule has 1 fully saturated rings. The predicted molar refractivity (Wildman–Crippen MR) is 81.4 cm³/mol. The standard InChI is InChI=1S/C17H25NO2/c1-16(2)10-6-5-7-15(16)18-12-8-9-13-14(11-12)20-17(3,4)19-13/h8-9,11,15,18H,5-7,10H2,1-4H3. The van der Waals surface area contributed by atoms with Gasteiger partial charge in [0, 0.05) is 31.6 Å². The molecule has 0 amide bonds. The molecule has 1 saturated carbocycles. The summed E-state index contributed by atoms with van der Waals surface area (Å²) in [5, 5.41) is 3.69. The van der Waals surface area contributed by atoms with E-state index < -0.39 is 5.79 Å². The summed E-state index contributed by atoms with van der Waals surface area (Å²) in [7, 11) is 0. The van der Waals surface area contributed by atoms with Crippen molar-refractivity contribution in [1.82, 2.24) is 0 Å². The first-order chi connectivity index (χ1) is 9.36. The van der Waals surface area contributed by atoms with Gasteiger partial charge in [0.05, 0.1) is 0 Å². The third kappa shape index (κ3) is 2.58. The summed E-state index contributed by atoms with van der Waals surface area (Å²) >= 11 is 0. The van der Waals surface area contributed by atoms with Gasteiger partial charge >= 0.3 is 0 Å². The zero-order chi connectivity index (χ0) is 14.4. The van der Waals surface area contributed by atoms with Crippen LogP contribution in [0, 0.1) is 5.41 Å². The molecule has 3 rings (SSSR count). The molecule has 0 bridgehead atoms. The Kier molecular flexibility index (Phi) is 3.11. The van der Waals surface area contributed by atoms with E-state index in [-0.39, 0.29) is 0 Å². The summed E-state index contributed by atoms with van der Waals surface area (Å²) in [5.74, 6) is 1.13. The molecule has 110 valence electrons. The maximum atomic E-state index is 5.81. The van der Waals surface area contributed by atoms with E-state index in [0.717, 1.165) is 17.2 Å². The monoisotopic (exact) mass is 275 g/mol. The molecule has 1 atom stereocenters. The number of fused-ring (bicyclic) bond motifs is 1. The second-order valence-corrected chi connectivity index (χ2v) is 7.20. The van der Waals surface area contributed by atoms with E-state index in [9.17, 15) is 0 Å². The van der Waals surface area contributed by atoms with Gasteiger partial charge in [0.1, 0.15) is 0 Å². The molecule has 1 aliphatic heterocycles. The van der Waals surface area contributed by atoms with Crippen molar-refractivity contribution in [1.29, 1.82) is 0 Å². The van der Waals surface area contributed by atoms with Crippen molar-refractivity contribution in [2.45, 2.75) is 65.2 Å². The minimum Gasteiger partial charge on any atom is -0.449 e. The Morgan fingerprint density at radius 3 is 2.55 bits per heavy atom. The summed E-state index contributed by atoms with van der Waals surface area (Å²) in [6, 6.07) is 6.69. The number of hydrogen-bond donors (Lipinski definition) is 1. The van der Waals surface area contributed by atoms with Crippen LogP contribution in [0.3, 0.4) is 0 Å². The van der Waals surface area contributed by atoms with E-state index in [1.54, 1.807) is 0 Å². The lowest BCUT2D eigenvalue weighted by Gasteiger charge is -2.39. The fourth-order valence-electron chi connectivity index (χ4n) is 3.28. The van der Waals surface area contributed by atoms with Gasteiger partial charge in [-0.15, -0.1) is 0 Å². The van der Waals surface area contributed by atoms with Crippen LogP contribution in [0.15, 0.2) is 18.2 Å². The molecular weight excluding hydrogens is 250 g/mol. The maximum absolute atomic E-state index is 5.81. The van der Waals surface area contributed by atoms with Gasteiger partial charge < -0.3 is 14.8 Å². The van der Waals surface area contributed by atoms with E-state index >= 15 is 0 Å². The first-order valence-electron chi connectivity index (χ1n) is 7.64. The van der Waals surface area contributed by atoms with Gasteiger partial charge in [-0.1, -0.05) is 26.7 Å². The van der Waals surface area contributed by atoms with Crippen LogP contribution in [0.25, 0.3) is 0 Å². The molecule has 3 heteroatoms.